The van der Waals surface area contributed by atoms with Crippen LogP contribution < -0.4 is 4.74 Å². The minimum atomic E-state index is -0.451. The SMILES string of the molecule is C#CC(Oc1cncc(Cl)n1)c1cccs1.c1cc2ccc1-2. The summed E-state index contributed by atoms with van der Waals surface area (Å²) in [5.74, 6) is 2.87. The van der Waals surface area contributed by atoms with Gasteiger partial charge in [0.05, 0.1) is 17.3 Å². The summed E-state index contributed by atoms with van der Waals surface area (Å²) in [6.07, 6.45) is 7.86. The largest absolute Gasteiger partial charge is 0.454 e. The third-order valence-corrected chi connectivity index (χ3v) is 4.09. The van der Waals surface area contributed by atoms with E-state index in [-0.39, 0.29) is 5.15 Å². The summed E-state index contributed by atoms with van der Waals surface area (Å²) >= 11 is 7.22. The molecule has 1 unspecified atom stereocenters. The molecular weight excluding hydrogens is 316 g/mol. The normalized spacial score (nSPS) is 11.6. The minimum absolute atomic E-state index is 0.277. The van der Waals surface area contributed by atoms with Gasteiger partial charge in [-0.25, -0.2) is 0 Å². The molecule has 2 heterocycles. The van der Waals surface area contributed by atoms with Gasteiger partial charge < -0.3 is 4.74 Å². The first kappa shape index (κ1) is 14.6. The molecule has 0 radical (unpaired) electrons. The molecule has 1 atom stereocenters. The highest BCUT2D eigenvalue weighted by atomic mass is 35.5. The lowest BCUT2D eigenvalue weighted by molar-refractivity contribution is 0.256. The Kier molecular flexibility index (Phi) is 4.38. The van der Waals surface area contributed by atoms with E-state index in [1.807, 2.05) is 17.5 Å². The molecule has 4 rings (SSSR count). The van der Waals surface area contributed by atoms with Gasteiger partial charge in [-0.15, -0.1) is 17.8 Å². The number of aromatic nitrogens is 2. The number of terminal acetylenes is 1. The highest BCUT2D eigenvalue weighted by Gasteiger charge is 2.12. The number of halogens is 1. The molecule has 2 aliphatic carbocycles. The lowest BCUT2D eigenvalue weighted by atomic mass is 9.95. The Hall–Kier alpha value is -2.35. The van der Waals surface area contributed by atoms with Crippen LogP contribution in [-0.4, -0.2) is 9.97 Å². The van der Waals surface area contributed by atoms with E-state index in [9.17, 15) is 0 Å². The zero-order valence-electron chi connectivity index (χ0n) is 11.4. The molecule has 2 aromatic rings. The highest BCUT2D eigenvalue weighted by molar-refractivity contribution is 7.10. The van der Waals surface area contributed by atoms with Crippen LogP contribution in [0.15, 0.2) is 54.2 Å². The monoisotopic (exact) mass is 326 g/mol. The molecule has 2 aromatic heterocycles. The molecule has 0 aliphatic heterocycles. The van der Waals surface area contributed by atoms with Crippen LogP contribution in [0.1, 0.15) is 11.0 Å². The van der Waals surface area contributed by atoms with Crippen LogP contribution in [0, 0.1) is 12.3 Å². The molecule has 0 saturated heterocycles. The molecule has 22 heavy (non-hydrogen) atoms. The number of ether oxygens (including phenoxy) is 1. The Morgan fingerprint density at radius 2 is 1.86 bits per heavy atom. The molecule has 0 aromatic carbocycles. The van der Waals surface area contributed by atoms with Gasteiger partial charge in [0.15, 0.2) is 11.3 Å². The minimum Gasteiger partial charge on any atom is -0.454 e. The van der Waals surface area contributed by atoms with Gasteiger partial charge >= 0.3 is 0 Å². The van der Waals surface area contributed by atoms with Gasteiger partial charge in [-0.1, -0.05) is 47.9 Å². The molecule has 2 aliphatic rings. The van der Waals surface area contributed by atoms with Crippen molar-refractivity contribution >= 4 is 22.9 Å². The van der Waals surface area contributed by atoms with Crippen LogP contribution in [0.2, 0.25) is 5.15 Å². The summed E-state index contributed by atoms with van der Waals surface area (Å²) < 4.78 is 5.51. The second kappa shape index (κ2) is 6.61. The third-order valence-electron chi connectivity index (χ3n) is 2.99. The fraction of sp³-hybridized carbons (Fsp3) is 0.0588. The van der Waals surface area contributed by atoms with Crippen molar-refractivity contribution in [3.05, 3.63) is 64.2 Å². The fourth-order valence-corrected chi connectivity index (χ4v) is 2.63. The van der Waals surface area contributed by atoms with E-state index in [2.05, 4.69) is 40.2 Å². The lowest BCUT2D eigenvalue weighted by Crippen LogP contribution is -2.04. The molecule has 0 spiro atoms. The smallest absolute Gasteiger partial charge is 0.235 e. The summed E-state index contributed by atoms with van der Waals surface area (Å²) in [5.41, 5.74) is 2.85. The van der Waals surface area contributed by atoms with Crippen LogP contribution in [0.3, 0.4) is 0 Å². The molecule has 0 bridgehead atoms. The van der Waals surface area contributed by atoms with Crippen molar-refractivity contribution in [1.29, 1.82) is 0 Å². The Morgan fingerprint density at radius 1 is 1.14 bits per heavy atom. The van der Waals surface area contributed by atoms with E-state index in [4.69, 9.17) is 22.8 Å². The summed E-state index contributed by atoms with van der Waals surface area (Å²) in [6.45, 7) is 0. The van der Waals surface area contributed by atoms with Gasteiger partial charge in [-0.3, -0.25) is 4.98 Å². The zero-order valence-corrected chi connectivity index (χ0v) is 13.0. The van der Waals surface area contributed by atoms with E-state index in [0.717, 1.165) is 4.88 Å². The van der Waals surface area contributed by atoms with Gasteiger partial charge in [-0.05, 0) is 22.6 Å². The summed E-state index contributed by atoms with van der Waals surface area (Å²) in [4.78, 5) is 8.78. The molecule has 3 nitrogen and oxygen atoms in total. The fourth-order valence-electron chi connectivity index (χ4n) is 1.78. The summed E-state index contributed by atoms with van der Waals surface area (Å²) in [7, 11) is 0. The lowest BCUT2D eigenvalue weighted by Gasteiger charge is -2.10. The number of thiophene rings is 1. The van der Waals surface area contributed by atoms with Crippen LogP contribution in [0.5, 0.6) is 5.88 Å². The maximum absolute atomic E-state index is 5.69. The number of fused-ring (bicyclic) bond motifs is 1. The number of hydrogen-bond acceptors (Lipinski definition) is 4. The Labute approximate surface area is 137 Å². The van der Waals surface area contributed by atoms with E-state index >= 15 is 0 Å². The predicted octanol–water partition coefficient (Wildman–Crippen LogP) is 4.61. The third kappa shape index (κ3) is 3.28. The predicted molar refractivity (Wildman–Crippen MR) is 89.0 cm³/mol. The maximum atomic E-state index is 5.69. The van der Waals surface area contributed by atoms with Crippen molar-refractivity contribution in [1.82, 2.24) is 9.97 Å². The van der Waals surface area contributed by atoms with Crippen LogP contribution >= 0.6 is 22.9 Å². The van der Waals surface area contributed by atoms with Crippen molar-refractivity contribution < 1.29 is 4.74 Å². The molecule has 0 saturated carbocycles. The molecule has 108 valence electrons. The number of hydrogen-bond donors (Lipinski definition) is 0. The van der Waals surface area contributed by atoms with Gasteiger partial charge in [0.25, 0.3) is 0 Å². The average molecular weight is 327 g/mol. The second-order valence-electron chi connectivity index (χ2n) is 4.44. The summed E-state index contributed by atoms with van der Waals surface area (Å²) in [5, 5.41) is 2.21. The average Bonchev–Trinajstić information content (AvgIpc) is 3.03. The first-order chi connectivity index (χ1) is 10.8. The van der Waals surface area contributed by atoms with Crippen molar-refractivity contribution in [2.24, 2.45) is 0 Å². The van der Waals surface area contributed by atoms with Gasteiger partial charge in [-0.2, -0.15) is 4.98 Å². The molecule has 5 heteroatoms. The standard InChI is InChI=1S/C11H7ClN2OS.C6H4/c1-2-8(9-4-3-5-16-9)15-11-7-13-6-10(12)14-11;1-2-6-4-3-5(1)6/h1,3-8H;1-4H. The van der Waals surface area contributed by atoms with Crippen molar-refractivity contribution in [3.63, 3.8) is 0 Å². The number of rotatable bonds is 3. The Balaban J connectivity index is 0.000000196. The molecular formula is C17H11ClN2OS. The van der Waals surface area contributed by atoms with Gasteiger partial charge in [0.2, 0.25) is 5.88 Å². The maximum Gasteiger partial charge on any atom is 0.235 e. The zero-order chi connectivity index (χ0) is 15.4. The summed E-state index contributed by atoms with van der Waals surface area (Å²) in [6, 6.07) is 12.3. The van der Waals surface area contributed by atoms with Crippen molar-refractivity contribution in [2.45, 2.75) is 6.10 Å². The van der Waals surface area contributed by atoms with E-state index < -0.39 is 6.10 Å². The second-order valence-corrected chi connectivity index (χ2v) is 5.80. The number of benzene rings is 1. The Morgan fingerprint density at radius 3 is 2.32 bits per heavy atom. The number of nitrogens with zero attached hydrogens (tertiary/aromatic N) is 2. The van der Waals surface area contributed by atoms with Crippen molar-refractivity contribution in [3.8, 4) is 29.4 Å². The topological polar surface area (TPSA) is 35.0 Å². The van der Waals surface area contributed by atoms with E-state index in [1.165, 1.54) is 34.9 Å². The van der Waals surface area contributed by atoms with Crippen LogP contribution in [0.25, 0.3) is 11.1 Å². The van der Waals surface area contributed by atoms with E-state index in [1.54, 1.807) is 0 Å². The highest BCUT2D eigenvalue weighted by Crippen LogP contribution is 2.29. The first-order valence-electron chi connectivity index (χ1n) is 6.50. The molecule has 0 N–H and O–H groups in total. The Bertz CT molecular complexity index is 773. The quantitative estimate of drug-likeness (QED) is 0.516. The van der Waals surface area contributed by atoms with Gasteiger partial charge in [0.1, 0.15) is 0 Å². The van der Waals surface area contributed by atoms with Gasteiger partial charge in [0, 0.05) is 0 Å². The molecule has 0 amide bonds. The van der Waals surface area contributed by atoms with E-state index in [0.29, 0.717) is 5.88 Å². The van der Waals surface area contributed by atoms with Crippen LogP contribution in [-0.2, 0) is 0 Å². The van der Waals surface area contributed by atoms with Crippen LogP contribution in [0.4, 0.5) is 0 Å². The van der Waals surface area contributed by atoms with Crippen molar-refractivity contribution in [2.75, 3.05) is 0 Å². The first-order valence-corrected chi connectivity index (χ1v) is 7.76. The molecule has 0 fully saturated rings.